The Kier molecular flexibility index (Phi) is 5.66. The number of nitriles is 1. The molecule has 1 rings (SSSR count). The number of hydrogen-bond acceptors (Lipinski definition) is 2. The van der Waals surface area contributed by atoms with Crippen molar-refractivity contribution < 1.29 is 4.79 Å². The third-order valence-electron chi connectivity index (χ3n) is 2.26. The van der Waals surface area contributed by atoms with Crippen LogP contribution in [0.25, 0.3) is 0 Å². The van der Waals surface area contributed by atoms with Crippen molar-refractivity contribution >= 4 is 43.5 Å². The number of nitrogens with zero attached hydrogens (tertiary/aromatic N) is 1. The fraction of sp³-hybridized carbons (Fsp3) is 0.333. The first-order valence-electron chi connectivity index (χ1n) is 5.24. The molecule has 1 aromatic rings. The monoisotopic (exact) mass is 358 g/mol. The second-order valence-electron chi connectivity index (χ2n) is 3.56. The highest BCUT2D eigenvalue weighted by molar-refractivity contribution is 9.11. The van der Waals surface area contributed by atoms with E-state index in [1.807, 2.05) is 31.2 Å². The number of rotatable bonds is 4. The molecule has 0 fully saturated rings. The maximum absolute atomic E-state index is 11.9. The molecule has 0 radical (unpaired) electrons. The van der Waals surface area contributed by atoms with Crippen molar-refractivity contribution in [1.82, 2.24) is 0 Å². The third kappa shape index (κ3) is 3.83. The predicted octanol–water partition coefficient (Wildman–Crippen LogP) is 4.09. The number of carbonyl (C=O) groups is 1. The molecule has 1 N–H and O–H groups in total. The van der Waals surface area contributed by atoms with Crippen LogP contribution in [0.2, 0.25) is 0 Å². The van der Waals surface area contributed by atoms with Crippen molar-refractivity contribution in [3.05, 3.63) is 27.1 Å². The second kappa shape index (κ2) is 6.77. The van der Waals surface area contributed by atoms with Crippen molar-refractivity contribution in [3.63, 3.8) is 0 Å². The van der Waals surface area contributed by atoms with Crippen LogP contribution in [0.4, 0.5) is 5.69 Å². The van der Waals surface area contributed by atoms with Crippen LogP contribution in [0.1, 0.15) is 19.8 Å². The number of nitrogens with one attached hydrogen (secondary N) is 1. The van der Waals surface area contributed by atoms with E-state index < -0.39 is 5.92 Å². The summed E-state index contributed by atoms with van der Waals surface area (Å²) in [6, 6.07) is 7.55. The first-order chi connectivity index (χ1) is 8.10. The number of halogens is 2. The predicted molar refractivity (Wildman–Crippen MR) is 74.5 cm³/mol. The molecule has 1 aromatic carbocycles. The molecular formula is C12H12Br2N2O. The number of anilines is 1. The van der Waals surface area contributed by atoms with E-state index in [-0.39, 0.29) is 5.91 Å². The summed E-state index contributed by atoms with van der Waals surface area (Å²) in [7, 11) is 0. The van der Waals surface area contributed by atoms with Gasteiger partial charge in [0.2, 0.25) is 5.91 Å². The summed E-state index contributed by atoms with van der Waals surface area (Å²) in [5.74, 6) is -0.860. The van der Waals surface area contributed by atoms with Gasteiger partial charge in [0.25, 0.3) is 0 Å². The van der Waals surface area contributed by atoms with Gasteiger partial charge in [-0.05, 0) is 50.4 Å². The topological polar surface area (TPSA) is 52.9 Å². The summed E-state index contributed by atoms with van der Waals surface area (Å²) in [5.41, 5.74) is 0.661. The van der Waals surface area contributed by atoms with Crippen LogP contribution in [0.5, 0.6) is 0 Å². The molecule has 3 nitrogen and oxygen atoms in total. The molecule has 0 saturated heterocycles. The standard InChI is InChI=1S/C12H12Br2N2O/c1-2-4-8(7-15)12(17)16-11-9(13)5-3-6-10(11)14/h3,5-6,8H,2,4H2,1H3,(H,16,17). The molecule has 0 spiro atoms. The Labute approximate surface area is 117 Å². The Hall–Kier alpha value is -0.860. The summed E-state index contributed by atoms with van der Waals surface area (Å²) in [5, 5.41) is 11.7. The number of hydrogen-bond donors (Lipinski definition) is 1. The molecule has 1 atom stereocenters. The zero-order valence-electron chi connectivity index (χ0n) is 9.34. The van der Waals surface area contributed by atoms with Crippen LogP contribution in [0.15, 0.2) is 27.1 Å². The van der Waals surface area contributed by atoms with E-state index >= 15 is 0 Å². The van der Waals surface area contributed by atoms with E-state index in [1.54, 1.807) is 0 Å². The molecule has 0 bridgehead atoms. The van der Waals surface area contributed by atoms with Gasteiger partial charge in [-0.2, -0.15) is 5.26 Å². The van der Waals surface area contributed by atoms with Gasteiger partial charge in [0.1, 0.15) is 5.92 Å². The van der Waals surface area contributed by atoms with E-state index in [4.69, 9.17) is 5.26 Å². The Morgan fingerprint density at radius 2 is 2.06 bits per heavy atom. The fourth-order valence-corrected chi connectivity index (χ4v) is 2.57. The first kappa shape index (κ1) is 14.2. The minimum Gasteiger partial charge on any atom is -0.323 e. The number of para-hydroxylation sites is 1. The minimum absolute atomic E-state index is 0.262. The molecule has 0 aliphatic carbocycles. The molecule has 0 aliphatic heterocycles. The lowest BCUT2D eigenvalue weighted by atomic mass is 10.0. The first-order valence-corrected chi connectivity index (χ1v) is 6.83. The highest BCUT2D eigenvalue weighted by atomic mass is 79.9. The molecule has 90 valence electrons. The van der Waals surface area contributed by atoms with Crippen LogP contribution < -0.4 is 5.32 Å². The van der Waals surface area contributed by atoms with Crippen molar-refractivity contribution in [2.24, 2.45) is 5.92 Å². The number of carbonyl (C=O) groups excluding carboxylic acids is 1. The maximum atomic E-state index is 11.9. The summed E-state index contributed by atoms with van der Waals surface area (Å²) >= 11 is 6.72. The summed E-state index contributed by atoms with van der Waals surface area (Å²) in [6.45, 7) is 1.95. The van der Waals surface area contributed by atoms with Gasteiger partial charge in [-0.3, -0.25) is 4.79 Å². The molecule has 0 heterocycles. The van der Waals surface area contributed by atoms with Crippen molar-refractivity contribution in [2.75, 3.05) is 5.32 Å². The fourth-order valence-electron chi connectivity index (χ4n) is 1.37. The molecule has 0 aromatic heterocycles. The van der Waals surface area contributed by atoms with Gasteiger partial charge < -0.3 is 5.32 Å². The second-order valence-corrected chi connectivity index (χ2v) is 5.26. The largest absolute Gasteiger partial charge is 0.323 e. The normalized spacial score (nSPS) is 11.6. The van der Waals surface area contributed by atoms with E-state index in [0.717, 1.165) is 15.4 Å². The minimum atomic E-state index is -0.598. The molecule has 0 saturated carbocycles. The lowest BCUT2D eigenvalue weighted by Gasteiger charge is -2.12. The summed E-state index contributed by atoms with van der Waals surface area (Å²) < 4.78 is 1.57. The van der Waals surface area contributed by atoms with Crippen LogP contribution in [0.3, 0.4) is 0 Å². The average Bonchev–Trinajstić information content (AvgIpc) is 2.30. The van der Waals surface area contributed by atoms with Crippen molar-refractivity contribution in [3.8, 4) is 6.07 Å². The highest BCUT2D eigenvalue weighted by Gasteiger charge is 2.18. The van der Waals surface area contributed by atoms with E-state index in [1.165, 1.54) is 0 Å². The van der Waals surface area contributed by atoms with E-state index in [9.17, 15) is 4.79 Å². The van der Waals surface area contributed by atoms with E-state index in [2.05, 4.69) is 37.2 Å². The van der Waals surface area contributed by atoms with Gasteiger partial charge in [0.05, 0.1) is 11.8 Å². The lowest BCUT2D eigenvalue weighted by molar-refractivity contribution is -0.118. The van der Waals surface area contributed by atoms with Gasteiger partial charge in [-0.25, -0.2) is 0 Å². The highest BCUT2D eigenvalue weighted by Crippen LogP contribution is 2.31. The maximum Gasteiger partial charge on any atom is 0.241 e. The summed E-state index contributed by atoms with van der Waals surface area (Å²) in [6.07, 6.45) is 1.38. The smallest absolute Gasteiger partial charge is 0.241 e. The molecule has 17 heavy (non-hydrogen) atoms. The Morgan fingerprint density at radius 1 is 1.47 bits per heavy atom. The van der Waals surface area contributed by atoms with Crippen molar-refractivity contribution in [1.29, 1.82) is 5.26 Å². The van der Waals surface area contributed by atoms with Gasteiger partial charge in [-0.15, -0.1) is 0 Å². The van der Waals surface area contributed by atoms with Crippen molar-refractivity contribution in [2.45, 2.75) is 19.8 Å². The molecule has 1 unspecified atom stereocenters. The lowest BCUT2D eigenvalue weighted by Crippen LogP contribution is -2.21. The zero-order chi connectivity index (χ0) is 12.8. The molecular weight excluding hydrogens is 348 g/mol. The Morgan fingerprint density at radius 3 is 2.53 bits per heavy atom. The molecule has 5 heteroatoms. The average molecular weight is 360 g/mol. The van der Waals surface area contributed by atoms with Gasteiger partial charge >= 0.3 is 0 Å². The van der Waals surface area contributed by atoms with Crippen LogP contribution in [-0.4, -0.2) is 5.91 Å². The summed E-state index contributed by atoms with van der Waals surface area (Å²) in [4.78, 5) is 11.9. The van der Waals surface area contributed by atoms with Crippen LogP contribution in [-0.2, 0) is 4.79 Å². The number of benzene rings is 1. The Bertz CT molecular complexity index is 434. The molecule has 0 aliphatic rings. The molecule has 1 amide bonds. The quantitative estimate of drug-likeness (QED) is 0.880. The van der Waals surface area contributed by atoms with Crippen LogP contribution in [0, 0.1) is 17.2 Å². The van der Waals surface area contributed by atoms with E-state index in [0.29, 0.717) is 12.1 Å². The van der Waals surface area contributed by atoms with Gasteiger partial charge in [0.15, 0.2) is 0 Å². The van der Waals surface area contributed by atoms with Gasteiger partial charge in [-0.1, -0.05) is 19.4 Å². The SMILES string of the molecule is CCCC(C#N)C(=O)Nc1c(Br)cccc1Br. The number of amides is 1. The van der Waals surface area contributed by atoms with Gasteiger partial charge in [0, 0.05) is 8.95 Å². The van der Waals surface area contributed by atoms with Crippen LogP contribution >= 0.6 is 31.9 Å². The Balaban J connectivity index is 2.84. The third-order valence-corrected chi connectivity index (χ3v) is 3.58. The zero-order valence-corrected chi connectivity index (χ0v) is 12.5.